The summed E-state index contributed by atoms with van der Waals surface area (Å²) in [4.78, 5) is 16.5. The minimum Gasteiger partial charge on any atom is -0.478 e. The van der Waals surface area contributed by atoms with Gasteiger partial charge in [-0.2, -0.15) is 5.10 Å². The van der Waals surface area contributed by atoms with Crippen LogP contribution in [0.5, 0.6) is 0 Å². The largest absolute Gasteiger partial charge is 0.478 e. The zero-order valence-corrected chi connectivity index (χ0v) is 14.3. The van der Waals surface area contributed by atoms with Crippen LogP contribution in [-0.2, 0) is 6.54 Å². The van der Waals surface area contributed by atoms with Crippen LogP contribution in [0, 0.1) is 6.92 Å². The number of aryl methyl sites for hydroxylation is 1. The fraction of sp³-hybridized carbons (Fsp3) is 0.0952. The van der Waals surface area contributed by atoms with E-state index in [1.54, 1.807) is 16.9 Å². The van der Waals surface area contributed by atoms with Crippen molar-refractivity contribution in [3.05, 3.63) is 83.6 Å². The molecule has 0 bridgehead atoms. The van der Waals surface area contributed by atoms with Crippen LogP contribution in [0.3, 0.4) is 0 Å². The normalized spacial score (nSPS) is 11.0. The van der Waals surface area contributed by atoms with E-state index in [9.17, 15) is 9.90 Å². The number of benzene rings is 2. The van der Waals surface area contributed by atoms with Gasteiger partial charge in [0.2, 0.25) is 0 Å². The first kappa shape index (κ1) is 16.0. The van der Waals surface area contributed by atoms with Gasteiger partial charge in [0, 0.05) is 5.56 Å². The maximum absolute atomic E-state index is 11.8. The number of carbonyl (C=O) groups is 1. The fourth-order valence-electron chi connectivity index (χ4n) is 2.97. The molecule has 0 spiro atoms. The maximum Gasteiger partial charge on any atom is 0.336 e. The number of rotatable bonds is 4. The third-order valence-electron chi connectivity index (χ3n) is 4.36. The molecule has 1 N–H and O–H groups in total. The molecule has 0 aliphatic carbocycles. The maximum atomic E-state index is 11.8. The Morgan fingerprint density at radius 1 is 1.08 bits per heavy atom. The van der Waals surface area contributed by atoms with Crippen molar-refractivity contribution in [2.24, 2.45) is 0 Å². The predicted octanol–water partition coefficient (Wildman–Crippen LogP) is 4.15. The van der Waals surface area contributed by atoms with Crippen LogP contribution in [0.15, 0.2) is 66.9 Å². The molecule has 5 heteroatoms. The van der Waals surface area contributed by atoms with Crippen molar-refractivity contribution in [1.82, 2.24) is 14.8 Å². The summed E-state index contributed by atoms with van der Waals surface area (Å²) in [6, 6.07) is 19.4. The Bertz CT molecular complexity index is 1080. The van der Waals surface area contributed by atoms with Crippen LogP contribution in [0.25, 0.3) is 22.3 Å². The number of carboxylic acid groups (broad SMARTS) is 1. The summed E-state index contributed by atoms with van der Waals surface area (Å²) >= 11 is 0. The summed E-state index contributed by atoms with van der Waals surface area (Å²) < 4.78 is 1.74. The molecule has 4 aromatic rings. The Hall–Kier alpha value is -3.47. The van der Waals surface area contributed by atoms with E-state index in [-0.39, 0.29) is 5.56 Å². The molecule has 0 fully saturated rings. The Kier molecular flexibility index (Phi) is 3.97. The average Bonchev–Trinajstić information content (AvgIpc) is 3.05. The second-order valence-corrected chi connectivity index (χ2v) is 6.25. The third-order valence-corrected chi connectivity index (χ3v) is 4.36. The number of hydrogen-bond acceptors (Lipinski definition) is 3. The Morgan fingerprint density at radius 3 is 2.50 bits per heavy atom. The molecule has 0 aliphatic heterocycles. The first-order chi connectivity index (χ1) is 12.6. The van der Waals surface area contributed by atoms with E-state index in [1.165, 1.54) is 0 Å². The number of pyridine rings is 1. The highest BCUT2D eigenvalue weighted by Crippen LogP contribution is 2.25. The van der Waals surface area contributed by atoms with Crippen LogP contribution < -0.4 is 0 Å². The van der Waals surface area contributed by atoms with Crippen molar-refractivity contribution in [3.63, 3.8) is 0 Å². The van der Waals surface area contributed by atoms with Crippen molar-refractivity contribution in [2.45, 2.75) is 13.5 Å². The lowest BCUT2D eigenvalue weighted by Crippen LogP contribution is -2.05. The molecule has 0 atom stereocenters. The van der Waals surface area contributed by atoms with Crippen LogP contribution in [0.1, 0.15) is 21.5 Å². The second kappa shape index (κ2) is 6.44. The fourth-order valence-corrected chi connectivity index (χ4v) is 2.97. The molecule has 2 aromatic heterocycles. The van der Waals surface area contributed by atoms with Crippen LogP contribution >= 0.6 is 0 Å². The molecule has 0 amide bonds. The summed E-state index contributed by atoms with van der Waals surface area (Å²) in [5, 5.41) is 14.6. The van der Waals surface area contributed by atoms with E-state index in [4.69, 9.17) is 4.98 Å². The topological polar surface area (TPSA) is 68.0 Å². The van der Waals surface area contributed by atoms with Gasteiger partial charge in [-0.3, -0.25) is 0 Å². The van der Waals surface area contributed by atoms with Gasteiger partial charge in [-0.05, 0) is 18.6 Å². The highest BCUT2D eigenvalue weighted by molar-refractivity contribution is 6.02. The van der Waals surface area contributed by atoms with Crippen molar-refractivity contribution in [1.29, 1.82) is 0 Å². The molecule has 0 unspecified atom stereocenters. The van der Waals surface area contributed by atoms with Crippen molar-refractivity contribution in [2.75, 3.05) is 0 Å². The monoisotopic (exact) mass is 343 g/mol. The van der Waals surface area contributed by atoms with Crippen molar-refractivity contribution >= 4 is 17.0 Å². The summed E-state index contributed by atoms with van der Waals surface area (Å²) in [7, 11) is 0. The van der Waals surface area contributed by atoms with Crippen LogP contribution in [-0.4, -0.2) is 25.8 Å². The first-order valence-electron chi connectivity index (χ1n) is 8.32. The molecule has 4 rings (SSSR count). The molecular formula is C21H17N3O2. The van der Waals surface area contributed by atoms with Gasteiger partial charge in [0.05, 0.1) is 29.4 Å². The number of carboxylic acids is 1. The zero-order chi connectivity index (χ0) is 18.1. The smallest absolute Gasteiger partial charge is 0.336 e. The van der Waals surface area contributed by atoms with Gasteiger partial charge >= 0.3 is 5.97 Å². The van der Waals surface area contributed by atoms with E-state index in [1.807, 2.05) is 61.5 Å². The average molecular weight is 343 g/mol. The number of hydrogen-bond donors (Lipinski definition) is 1. The number of fused-ring (bicyclic) bond motifs is 1. The van der Waals surface area contributed by atoms with Gasteiger partial charge in [-0.1, -0.05) is 60.2 Å². The van der Waals surface area contributed by atoms with Crippen molar-refractivity contribution in [3.8, 4) is 11.3 Å². The molecule has 0 saturated heterocycles. The molecule has 5 nitrogen and oxygen atoms in total. The molecule has 0 aliphatic rings. The number of aromatic nitrogens is 3. The highest BCUT2D eigenvalue weighted by atomic mass is 16.4. The zero-order valence-electron chi connectivity index (χ0n) is 14.3. The lowest BCUT2D eigenvalue weighted by atomic mass is 10.1. The lowest BCUT2D eigenvalue weighted by molar-refractivity contribution is 0.0699. The van der Waals surface area contributed by atoms with E-state index in [0.717, 1.165) is 16.7 Å². The third kappa shape index (κ3) is 2.95. The van der Waals surface area contributed by atoms with Gasteiger partial charge in [0.25, 0.3) is 0 Å². The standard InChI is InChI=1S/C21H17N3O2/c1-14-7-9-16(10-8-14)19-11-17(21(25)26)18-12-22-24(20(18)23-19)13-15-5-3-2-4-6-15/h2-12H,13H2,1H3,(H,25,26). The minimum absolute atomic E-state index is 0.213. The predicted molar refractivity (Wildman–Crippen MR) is 100 cm³/mol. The summed E-state index contributed by atoms with van der Waals surface area (Å²) in [5.41, 5.74) is 4.52. The van der Waals surface area contributed by atoms with E-state index >= 15 is 0 Å². The summed E-state index contributed by atoms with van der Waals surface area (Å²) in [6.07, 6.45) is 1.58. The van der Waals surface area contributed by atoms with Gasteiger partial charge in [-0.25, -0.2) is 14.5 Å². The number of aromatic carboxylic acids is 1. The quantitative estimate of drug-likeness (QED) is 0.604. The molecule has 2 heterocycles. The van der Waals surface area contributed by atoms with E-state index in [0.29, 0.717) is 23.3 Å². The number of nitrogens with zero attached hydrogens (tertiary/aromatic N) is 3. The Morgan fingerprint density at radius 2 is 1.81 bits per heavy atom. The summed E-state index contributed by atoms with van der Waals surface area (Å²) in [5.74, 6) is -0.981. The summed E-state index contributed by atoms with van der Waals surface area (Å²) in [6.45, 7) is 2.55. The molecule has 0 radical (unpaired) electrons. The SMILES string of the molecule is Cc1ccc(-c2cc(C(=O)O)c3cnn(Cc4ccccc4)c3n2)cc1. The second-order valence-electron chi connectivity index (χ2n) is 6.25. The van der Waals surface area contributed by atoms with E-state index in [2.05, 4.69) is 5.10 Å². The van der Waals surface area contributed by atoms with E-state index < -0.39 is 5.97 Å². The molecule has 26 heavy (non-hydrogen) atoms. The Labute approximate surface area is 150 Å². The van der Waals surface area contributed by atoms with Crippen LogP contribution in [0.2, 0.25) is 0 Å². The van der Waals surface area contributed by atoms with Gasteiger partial charge in [0.1, 0.15) is 0 Å². The van der Waals surface area contributed by atoms with Crippen LogP contribution in [0.4, 0.5) is 0 Å². The molecule has 128 valence electrons. The van der Waals surface area contributed by atoms with Crippen molar-refractivity contribution < 1.29 is 9.90 Å². The van der Waals surface area contributed by atoms with Gasteiger partial charge in [-0.15, -0.1) is 0 Å². The highest BCUT2D eigenvalue weighted by Gasteiger charge is 2.17. The Balaban J connectivity index is 1.87. The molecular weight excluding hydrogens is 326 g/mol. The lowest BCUT2D eigenvalue weighted by Gasteiger charge is -2.07. The minimum atomic E-state index is -0.981. The first-order valence-corrected chi connectivity index (χ1v) is 8.32. The van der Waals surface area contributed by atoms with Gasteiger partial charge in [0.15, 0.2) is 5.65 Å². The molecule has 0 saturated carbocycles. The molecule has 2 aromatic carbocycles. The van der Waals surface area contributed by atoms with Gasteiger partial charge < -0.3 is 5.11 Å².